The van der Waals surface area contributed by atoms with Gasteiger partial charge in [-0.25, -0.2) is 5.43 Å². The van der Waals surface area contributed by atoms with Crippen molar-refractivity contribution in [3.8, 4) is 5.75 Å². The molecular weight excluding hydrogens is 300 g/mol. The Hall–Kier alpha value is -2.33. The number of rotatable bonds is 5. The summed E-state index contributed by atoms with van der Waals surface area (Å²) in [6.45, 7) is 3.94. The van der Waals surface area contributed by atoms with E-state index < -0.39 is 0 Å². The third kappa shape index (κ3) is 4.60. The molecule has 0 aliphatic carbocycles. The number of nitrogens with zero attached hydrogens (tertiary/aromatic N) is 1. The van der Waals surface area contributed by atoms with Crippen molar-refractivity contribution in [2.45, 2.75) is 20.0 Å². The van der Waals surface area contributed by atoms with Crippen LogP contribution in [0.3, 0.4) is 0 Å². The van der Waals surface area contributed by atoms with E-state index in [1.165, 1.54) is 0 Å². The molecule has 0 heterocycles. The molecule has 0 aliphatic rings. The van der Waals surface area contributed by atoms with Crippen molar-refractivity contribution in [3.05, 3.63) is 64.7 Å². The first kappa shape index (κ1) is 16.0. The number of carbonyl (C=O) groups is 1. The van der Waals surface area contributed by atoms with Gasteiger partial charge in [0.2, 0.25) is 0 Å². The first-order valence-corrected chi connectivity index (χ1v) is 7.28. The molecule has 1 amide bonds. The fourth-order valence-electron chi connectivity index (χ4n) is 1.78. The van der Waals surface area contributed by atoms with Crippen LogP contribution in [0.2, 0.25) is 5.02 Å². The minimum atomic E-state index is -0.346. The summed E-state index contributed by atoms with van der Waals surface area (Å²) in [4.78, 5) is 11.9. The van der Waals surface area contributed by atoms with Crippen molar-refractivity contribution in [2.24, 2.45) is 5.10 Å². The second kappa shape index (κ2) is 7.61. The molecule has 0 fully saturated rings. The van der Waals surface area contributed by atoms with Crippen molar-refractivity contribution in [3.63, 3.8) is 0 Å². The Morgan fingerprint density at radius 1 is 1.18 bits per heavy atom. The maximum atomic E-state index is 11.9. The summed E-state index contributed by atoms with van der Waals surface area (Å²) in [5.41, 5.74) is 3.70. The smallest absolute Gasteiger partial charge is 0.272 e. The van der Waals surface area contributed by atoms with Gasteiger partial charge in [0.1, 0.15) is 5.75 Å². The van der Waals surface area contributed by atoms with Gasteiger partial charge in [-0.2, -0.15) is 5.10 Å². The van der Waals surface area contributed by atoms with Gasteiger partial charge in [0.25, 0.3) is 5.91 Å². The number of benzene rings is 2. The predicted octanol–water partition coefficient (Wildman–Crippen LogP) is 3.89. The van der Waals surface area contributed by atoms with Gasteiger partial charge in [0.15, 0.2) is 0 Å². The molecule has 0 saturated carbocycles. The number of ether oxygens (including phenoxy) is 1. The molecule has 0 aromatic heterocycles. The lowest BCUT2D eigenvalue weighted by Crippen LogP contribution is -2.17. The van der Waals surface area contributed by atoms with Crippen LogP contribution in [0.4, 0.5) is 0 Å². The molecule has 0 spiro atoms. The van der Waals surface area contributed by atoms with E-state index in [1.54, 1.807) is 30.5 Å². The zero-order chi connectivity index (χ0) is 15.9. The van der Waals surface area contributed by atoms with Crippen LogP contribution in [0, 0.1) is 0 Å². The summed E-state index contributed by atoms with van der Waals surface area (Å²) in [5.74, 6) is 0.453. The van der Waals surface area contributed by atoms with Crippen LogP contribution >= 0.6 is 11.6 Å². The van der Waals surface area contributed by atoms with E-state index in [9.17, 15) is 4.79 Å². The molecule has 0 saturated heterocycles. The zero-order valence-electron chi connectivity index (χ0n) is 12.4. The van der Waals surface area contributed by atoms with Gasteiger partial charge in [-0.15, -0.1) is 0 Å². The van der Waals surface area contributed by atoms with E-state index in [4.69, 9.17) is 16.3 Å². The van der Waals surface area contributed by atoms with E-state index >= 15 is 0 Å². The summed E-state index contributed by atoms with van der Waals surface area (Å²) >= 11 is 5.95. The van der Waals surface area contributed by atoms with Crippen LogP contribution in [0.15, 0.2) is 53.6 Å². The fourth-order valence-corrected chi connectivity index (χ4v) is 2.00. The van der Waals surface area contributed by atoms with Gasteiger partial charge in [0, 0.05) is 0 Å². The van der Waals surface area contributed by atoms with E-state index in [1.807, 2.05) is 38.1 Å². The lowest BCUT2D eigenvalue weighted by Gasteiger charge is -2.09. The Labute approximate surface area is 134 Å². The van der Waals surface area contributed by atoms with Gasteiger partial charge in [-0.05, 0) is 55.8 Å². The number of hydrazone groups is 1. The molecule has 4 nitrogen and oxygen atoms in total. The quantitative estimate of drug-likeness (QED) is 0.672. The highest BCUT2D eigenvalue weighted by Gasteiger charge is 2.07. The molecule has 5 heteroatoms. The highest BCUT2D eigenvalue weighted by molar-refractivity contribution is 6.33. The third-order valence-corrected chi connectivity index (χ3v) is 3.08. The molecule has 2 rings (SSSR count). The summed E-state index contributed by atoms with van der Waals surface area (Å²) in [7, 11) is 0. The van der Waals surface area contributed by atoms with Crippen LogP contribution in [0.1, 0.15) is 29.8 Å². The molecule has 0 atom stereocenters. The fraction of sp³-hybridized carbons (Fsp3) is 0.176. The van der Waals surface area contributed by atoms with Crippen molar-refractivity contribution in [1.29, 1.82) is 0 Å². The molecule has 1 N–H and O–H groups in total. The van der Waals surface area contributed by atoms with Crippen LogP contribution in [-0.4, -0.2) is 18.2 Å². The molecular formula is C17H17ClN2O2. The Balaban J connectivity index is 1.95. The highest BCUT2D eigenvalue weighted by atomic mass is 35.5. The average Bonchev–Trinajstić information content (AvgIpc) is 2.49. The minimum Gasteiger partial charge on any atom is -0.491 e. The Bertz CT molecular complexity index is 667. The minimum absolute atomic E-state index is 0.134. The number of nitrogens with one attached hydrogen (secondary N) is 1. The van der Waals surface area contributed by atoms with Crippen molar-refractivity contribution >= 4 is 23.7 Å². The van der Waals surface area contributed by atoms with E-state index in [0.29, 0.717) is 10.6 Å². The lowest BCUT2D eigenvalue weighted by atomic mass is 10.2. The monoisotopic (exact) mass is 316 g/mol. The molecule has 2 aromatic rings. The van der Waals surface area contributed by atoms with Gasteiger partial charge in [-0.1, -0.05) is 23.7 Å². The molecule has 0 aliphatic heterocycles. The van der Waals surface area contributed by atoms with Gasteiger partial charge >= 0.3 is 0 Å². The van der Waals surface area contributed by atoms with E-state index in [2.05, 4.69) is 10.5 Å². The highest BCUT2D eigenvalue weighted by Crippen LogP contribution is 2.15. The second-order valence-corrected chi connectivity index (χ2v) is 5.32. The van der Waals surface area contributed by atoms with Crippen LogP contribution in [0.25, 0.3) is 0 Å². The number of amides is 1. The van der Waals surface area contributed by atoms with Crippen molar-refractivity contribution in [1.82, 2.24) is 5.43 Å². The molecule has 114 valence electrons. The maximum Gasteiger partial charge on any atom is 0.272 e. The standard InChI is InChI=1S/C17H17ClN2O2/c1-12(2)22-14-9-7-13(8-10-14)11-19-20-17(21)15-5-3-4-6-16(15)18/h3-12H,1-2H3,(H,20,21)/b19-11+. The second-order valence-electron chi connectivity index (χ2n) is 4.91. The Morgan fingerprint density at radius 3 is 2.50 bits per heavy atom. The number of carbonyl (C=O) groups excluding carboxylic acids is 1. The van der Waals surface area contributed by atoms with E-state index in [0.717, 1.165) is 11.3 Å². The first-order valence-electron chi connectivity index (χ1n) is 6.91. The van der Waals surface area contributed by atoms with Gasteiger partial charge in [0.05, 0.1) is 22.9 Å². The molecule has 0 bridgehead atoms. The average molecular weight is 317 g/mol. The topological polar surface area (TPSA) is 50.7 Å². The largest absolute Gasteiger partial charge is 0.491 e. The number of hydrogen-bond acceptors (Lipinski definition) is 3. The van der Waals surface area contributed by atoms with Gasteiger partial charge < -0.3 is 4.74 Å². The number of hydrogen-bond donors (Lipinski definition) is 1. The maximum absolute atomic E-state index is 11.9. The SMILES string of the molecule is CC(C)Oc1ccc(/C=N/NC(=O)c2ccccc2Cl)cc1. The van der Waals surface area contributed by atoms with Crippen LogP contribution < -0.4 is 10.2 Å². The summed E-state index contributed by atoms with van der Waals surface area (Å²) in [6.07, 6.45) is 1.70. The van der Waals surface area contributed by atoms with Crippen LogP contribution in [-0.2, 0) is 0 Å². The van der Waals surface area contributed by atoms with Crippen molar-refractivity contribution in [2.75, 3.05) is 0 Å². The molecule has 0 radical (unpaired) electrons. The summed E-state index contributed by atoms with van der Waals surface area (Å²) in [5, 5.41) is 4.32. The number of halogens is 1. The van der Waals surface area contributed by atoms with Gasteiger partial charge in [-0.3, -0.25) is 4.79 Å². The first-order chi connectivity index (χ1) is 10.6. The third-order valence-electron chi connectivity index (χ3n) is 2.75. The molecule has 0 unspecified atom stereocenters. The Morgan fingerprint density at radius 2 is 1.86 bits per heavy atom. The normalized spacial score (nSPS) is 10.9. The molecule has 22 heavy (non-hydrogen) atoms. The Kier molecular flexibility index (Phi) is 5.55. The van der Waals surface area contributed by atoms with Crippen LogP contribution in [0.5, 0.6) is 5.75 Å². The van der Waals surface area contributed by atoms with Crippen molar-refractivity contribution < 1.29 is 9.53 Å². The summed E-state index contributed by atoms with van der Waals surface area (Å²) in [6, 6.07) is 14.3. The molecule has 2 aromatic carbocycles. The van der Waals surface area contributed by atoms with E-state index in [-0.39, 0.29) is 12.0 Å². The predicted molar refractivity (Wildman–Crippen MR) is 88.7 cm³/mol. The lowest BCUT2D eigenvalue weighted by molar-refractivity contribution is 0.0955. The zero-order valence-corrected chi connectivity index (χ0v) is 13.2. The summed E-state index contributed by atoms with van der Waals surface area (Å²) < 4.78 is 5.55.